The lowest BCUT2D eigenvalue weighted by atomic mass is 9.88. The van der Waals surface area contributed by atoms with Crippen LogP contribution >= 0.6 is 0 Å². The summed E-state index contributed by atoms with van der Waals surface area (Å²) in [6.07, 6.45) is 3.36. The largest absolute Gasteiger partial charge is 0.496 e. The summed E-state index contributed by atoms with van der Waals surface area (Å²) in [6, 6.07) is 4.42. The van der Waals surface area contributed by atoms with Crippen molar-refractivity contribution in [3.8, 4) is 5.75 Å². The van der Waals surface area contributed by atoms with E-state index in [9.17, 15) is 14.3 Å². The number of aliphatic hydroxyl groups is 1. The molecule has 0 unspecified atom stereocenters. The molecule has 1 amide bonds. The van der Waals surface area contributed by atoms with E-state index in [0.717, 1.165) is 26.1 Å². The van der Waals surface area contributed by atoms with Crippen molar-refractivity contribution in [1.82, 2.24) is 9.80 Å². The van der Waals surface area contributed by atoms with Crippen LogP contribution in [-0.2, 0) is 0 Å². The quantitative estimate of drug-likeness (QED) is 0.883. The van der Waals surface area contributed by atoms with Gasteiger partial charge in [-0.05, 0) is 56.3 Å². The maximum Gasteiger partial charge on any atom is 0.260 e. The Morgan fingerprint density at radius 1 is 1.28 bits per heavy atom. The van der Waals surface area contributed by atoms with Crippen molar-refractivity contribution in [3.05, 3.63) is 29.6 Å². The van der Waals surface area contributed by atoms with Crippen molar-refractivity contribution in [2.75, 3.05) is 46.4 Å². The van der Waals surface area contributed by atoms with Gasteiger partial charge >= 0.3 is 0 Å². The molecule has 25 heavy (non-hydrogen) atoms. The molecule has 0 aliphatic carbocycles. The third-order valence-electron chi connectivity index (χ3n) is 5.29. The molecular formula is C19H27FN2O3. The zero-order chi connectivity index (χ0) is 17.8. The van der Waals surface area contributed by atoms with Crippen molar-refractivity contribution in [3.63, 3.8) is 0 Å². The van der Waals surface area contributed by atoms with E-state index in [2.05, 4.69) is 4.90 Å². The Hall–Kier alpha value is -1.66. The van der Waals surface area contributed by atoms with Crippen LogP contribution in [0, 0.1) is 17.7 Å². The number of likely N-dealkylation sites (tertiary alicyclic amines) is 2. The van der Waals surface area contributed by atoms with E-state index in [4.69, 9.17) is 4.74 Å². The summed E-state index contributed by atoms with van der Waals surface area (Å²) < 4.78 is 19.4. The molecule has 2 atom stereocenters. The van der Waals surface area contributed by atoms with Crippen molar-refractivity contribution in [2.45, 2.75) is 19.3 Å². The number of piperidine rings is 1. The minimum Gasteiger partial charge on any atom is -0.496 e. The molecule has 0 saturated carbocycles. The van der Waals surface area contributed by atoms with Crippen molar-refractivity contribution >= 4 is 5.91 Å². The van der Waals surface area contributed by atoms with Crippen LogP contribution in [0.1, 0.15) is 29.6 Å². The monoisotopic (exact) mass is 350 g/mol. The fourth-order valence-electron chi connectivity index (χ4n) is 4.12. The molecular weight excluding hydrogens is 323 g/mol. The first-order valence-corrected chi connectivity index (χ1v) is 9.07. The molecule has 2 aliphatic rings. The Balaban J connectivity index is 1.76. The van der Waals surface area contributed by atoms with Gasteiger partial charge < -0.3 is 19.6 Å². The van der Waals surface area contributed by atoms with Gasteiger partial charge in [0, 0.05) is 26.2 Å². The fraction of sp³-hybridized carbons (Fsp3) is 0.632. The molecule has 2 heterocycles. The summed E-state index contributed by atoms with van der Waals surface area (Å²) >= 11 is 0. The number of hydrogen-bond donors (Lipinski definition) is 1. The molecule has 0 spiro atoms. The highest BCUT2D eigenvalue weighted by Gasteiger charge is 2.33. The predicted octanol–water partition coefficient (Wildman–Crippen LogP) is 2.00. The third-order valence-corrected chi connectivity index (χ3v) is 5.29. The van der Waals surface area contributed by atoms with E-state index < -0.39 is 5.82 Å². The van der Waals surface area contributed by atoms with Crippen LogP contribution in [0.2, 0.25) is 0 Å². The molecule has 2 saturated heterocycles. The van der Waals surface area contributed by atoms with E-state index in [1.807, 2.05) is 0 Å². The second kappa shape index (κ2) is 8.15. The summed E-state index contributed by atoms with van der Waals surface area (Å²) in [5.41, 5.74) is -0.0106. The number of carbonyl (C=O) groups is 1. The van der Waals surface area contributed by atoms with Crippen LogP contribution in [0.4, 0.5) is 4.39 Å². The number of carbonyl (C=O) groups excluding carboxylic acids is 1. The van der Waals surface area contributed by atoms with Crippen LogP contribution in [0.15, 0.2) is 18.2 Å². The van der Waals surface area contributed by atoms with Gasteiger partial charge in [0.25, 0.3) is 5.91 Å². The Bertz CT molecular complexity index is 604. The standard InChI is InChI=1S/C19H27FN2O3/c1-25-17-6-4-5-16(20)18(17)19(24)22-11-14(9-15(12-22)13-23)10-21-7-2-3-8-21/h4-6,14-15,23H,2-3,7-13H2,1H3/t14-,15-/m1/s1. The Labute approximate surface area is 148 Å². The van der Waals surface area contributed by atoms with E-state index >= 15 is 0 Å². The van der Waals surface area contributed by atoms with Gasteiger partial charge in [-0.15, -0.1) is 0 Å². The van der Waals surface area contributed by atoms with Crippen molar-refractivity contribution < 1.29 is 19.0 Å². The summed E-state index contributed by atoms with van der Waals surface area (Å²) in [6.45, 7) is 4.26. The van der Waals surface area contributed by atoms with Crippen LogP contribution < -0.4 is 4.74 Å². The second-order valence-electron chi connectivity index (χ2n) is 7.19. The van der Waals surface area contributed by atoms with E-state index in [-0.39, 0.29) is 29.7 Å². The predicted molar refractivity (Wildman–Crippen MR) is 93.2 cm³/mol. The van der Waals surface area contributed by atoms with Gasteiger partial charge in [-0.3, -0.25) is 4.79 Å². The number of aliphatic hydroxyl groups excluding tert-OH is 1. The molecule has 3 rings (SSSR count). The maximum atomic E-state index is 14.3. The van der Waals surface area contributed by atoms with E-state index in [1.165, 1.54) is 32.1 Å². The number of benzene rings is 1. The van der Waals surface area contributed by atoms with Gasteiger partial charge in [0.15, 0.2) is 0 Å². The number of rotatable bonds is 5. The Morgan fingerprint density at radius 2 is 2.00 bits per heavy atom. The van der Waals surface area contributed by atoms with Gasteiger partial charge in [-0.25, -0.2) is 4.39 Å². The Kier molecular flexibility index (Phi) is 5.91. The average Bonchev–Trinajstić information content (AvgIpc) is 3.13. The first-order valence-electron chi connectivity index (χ1n) is 9.07. The lowest BCUT2D eigenvalue weighted by Crippen LogP contribution is -2.48. The fourth-order valence-corrected chi connectivity index (χ4v) is 4.12. The van der Waals surface area contributed by atoms with E-state index in [1.54, 1.807) is 11.0 Å². The summed E-state index contributed by atoms with van der Waals surface area (Å²) in [4.78, 5) is 17.1. The van der Waals surface area contributed by atoms with Gasteiger partial charge in [-0.2, -0.15) is 0 Å². The molecule has 2 aliphatic heterocycles. The average molecular weight is 350 g/mol. The summed E-state index contributed by atoms with van der Waals surface area (Å²) in [5.74, 6) is -0.299. The van der Waals surface area contributed by atoms with Crippen LogP contribution in [0.25, 0.3) is 0 Å². The second-order valence-corrected chi connectivity index (χ2v) is 7.19. The molecule has 0 bridgehead atoms. The molecule has 0 radical (unpaired) electrons. The topological polar surface area (TPSA) is 53.0 Å². The first kappa shape index (κ1) is 18.1. The summed E-state index contributed by atoms with van der Waals surface area (Å²) in [5, 5.41) is 9.64. The molecule has 5 nitrogen and oxygen atoms in total. The molecule has 2 fully saturated rings. The number of ether oxygens (including phenoxy) is 1. The zero-order valence-electron chi connectivity index (χ0n) is 14.8. The SMILES string of the molecule is COc1cccc(F)c1C(=O)N1C[C@H](CO)C[C@H](CN2CCCC2)C1. The number of halogens is 1. The van der Waals surface area contributed by atoms with Crippen LogP contribution in [-0.4, -0.2) is 67.3 Å². The number of hydrogen-bond acceptors (Lipinski definition) is 4. The number of nitrogens with zero attached hydrogens (tertiary/aromatic N) is 2. The van der Waals surface area contributed by atoms with Gasteiger partial charge in [0.2, 0.25) is 0 Å². The maximum absolute atomic E-state index is 14.3. The molecule has 1 aromatic carbocycles. The van der Waals surface area contributed by atoms with Gasteiger partial charge in [0.05, 0.1) is 7.11 Å². The van der Waals surface area contributed by atoms with Crippen molar-refractivity contribution in [2.24, 2.45) is 11.8 Å². The summed E-state index contributed by atoms with van der Waals surface area (Å²) in [7, 11) is 1.44. The number of amides is 1. The molecule has 0 aromatic heterocycles. The van der Waals surface area contributed by atoms with Crippen LogP contribution in [0.5, 0.6) is 5.75 Å². The number of methoxy groups -OCH3 is 1. The normalized spacial score (nSPS) is 24.5. The third kappa shape index (κ3) is 4.12. The zero-order valence-corrected chi connectivity index (χ0v) is 14.8. The first-order chi connectivity index (χ1) is 12.1. The molecule has 1 N–H and O–H groups in total. The minimum absolute atomic E-state index is 0.0106. The lowest BCUT2D eigenvalue weighted by Gasteiger charge is -2.38. The highest BCUT2D eigenvalue weighted by atomic mass is 19.1. The minimum atomic E-state index is -0.563. The Morgan fingerprint density at radius 3 is 2.68 bits per heavy atom. The molecule has 138 valence electrons. The van der Waals surface area contributed by atoms with Gasteiger partial charge in [0.1, 0.15) is 17.1 Å². The van der Waals surface area contributed by atoms with Gasteiger partial charge in [-0.1, -0.05) is 6.07 Å². The highest BCUT2D eigenvalue weighted by molar-refractivity contribution is 5.97. The van der Waals surface area contributed by atoms with E-state index in [0.29, 0.717) is 19.0 Å². The lowest BCUT2D eigenvalue weighted by molar-refractivity contribution is 0.0459. The molecule has 6 heteroatoms. The smallest absolute Gasteiger partial charge is 0.260 e. The highest BCUT2D eigenvalue weighted by Crippen LogP contribution is 2.28. The van der Waals surface area contributed by atoms with Crippen LogP contribution in [0.3, 0.4) is 0 Å². The molecule has 1 aromatic rings. The van der Waals surface area contributed by atoms with Crippen molar-refractivity contribution in [1.29, 1.82) is 0 Å².